The number of rotatable bonds is 8. The molecule has 2 aromatic carbocycles. The molecule has 0 unspecified atom stereocenters. The van der Waals surface area contributed by atoms with Gasteiger partial charge >= 0.3 is 0 Å². The lowest BCUT2D eigenvalue weighted by Crippen LogP contribution is -2.30. The molecule has 0 aliphatic heterocycles. The van der Waals surface area contributed by atoms with Gasteiger partial charge in [0.05, 0.1) is 21.7 Å². The van der Waals surface area contributed by atoms with E-state index in [4.69, 9.17) is 4.74 Å². The van der Waals surface area contributed by atoms with Crippen molar-refractivity contribution in [2.24, 2.45) is 4.99 Å². The Morgan fingerprint density at radius 1 is 1.10 bits per heavy atom. The van der Waals surface area contributed by atoms with E-state index < -0.39 is 15.9 Å². The summed E-state index contributed by atoms with van der Waals surface area (Å²) in [6, 6.07) is 13.8. The second-order valence-corrected chi connectivity index (χ2v) is 9.47. The van der Waals surface area contributed by atoms with Crippen LogP contribution in [0.5, 0.6) is 0 Å². The minimum Gasteiger partial charge on any atom is -0.383 e. The van der Waals surface area contributed by atoms with Gasteiger partial charge < -0.3 is 9.30 Å². The summed E-state index contributed by atoms with van der Waals surface area (Å²) in [5.41, 5.74) is 1.33. The van der Waals surface area contributed by atoms with Crippen molar-refractivity contribution in [1.82, 2.24) is 8.87 Å². The van der Waals surface area contributed by atoms with E-state index in [0.717, 1.165) is 10.2 Å². The molecule has 3 rings (SSSR count). The number of nitrogens with zero attached hydrogens (tertiary/aromatic N) is 3. The van der Waals surface area contributed by atoms with Crippen molar-refractivity contribution in [2.75, 3.05) is 26.8 Å². The highest BCUT2D eigenvalue weighted by atomic mass is 32.2. The highest BCUT2D eigenvalue weighted by Crippen LogP contribution is 2.18. The van der Waals surface area contributed by atoms with Gasteiger partial charge in [0.2, 0.25) is 10.0 Å². The van der Waals surface area contributed by atoms with Crippen LogP contribution < -0.4 is 4.80 Å². The summed E-state index contributed by atoms with van der Waals surface area (Å²) in [5, 5.41) is 0. The Morgan fingerprint density at radius 2 is 1.77 bits per heavy atom. The Labute approximate surface area is 180 Å². The number of para-hydroxylation sites is 1. The SMILES string of the molecule is CCN(CC)S(=O)(=O)c1ccc(C(=O)N=c2sc3ccccc3n2CCOC)cc1. The van der Waals surface area contributed by atoms with E-state index >= 15 is 0 Å². The van der Waals surface area contributed by atoms with Crippen molar-refractivity contribution in [3.63, 3.8) is 0 Å². The average Bonchev–Trinajstić information content (AvgIpc) is 3.09. The van der Waals surface area contributed by atoms with Crippen molar-refractivity contribution in [3.8, 4) is 0 Å². The number of carbonyl (C=O) groups excluding carboxylic acids is 1. The zero-order valence-corrected chi connectivity index (χ0v) is 18.9. The van der Waals surface area contributed by atoms with Crippen LogP contribution in [0.3, 0.4) is 0 Å². The van der Waals surface area contributed by atoms with Crippen molar-refractivity contribution in [1.29, 1.82) is 0 Å². The van der Waals surface area contributed by atoms with E-state index in [1.54, 1.807) is 21.0 Å². The number of benzene rings is 2. The fraction of sp³-hybridized carbons (Fsp3) is 0.333. The molecule has 30 heavy (non-hydrogen) atoms. The first-order valence-electron chi connectivity index (χ1n) is 9.69. The summed E-state index contributed by atoms with van der Waals surface area (Å²) in [6.07, 6.45) is 0. The number of amides is 1. The molecule has 0 saturated heterocycles. The van der Waals surface area contributed by atoms with Crippen LogP contribution in [0.4, 0.5) is 0 Å². The van der Waals surface area contributed by atoms with Crippen LogP contribution in [-0.2, 0) is 21.3 Å². The lowest BCUT2D eigenvalue weighted by atomic mass is 10.2. The maximum Gasteiger partial charge on any atom is 0.279 e. The van der Waals surface area contributed by atoms with E-state index in [-0.39, 0.29) is 4.90 Å². The third-order valence-electron chi connectivity index (χ3n) is 4.75. The molecule has 0 N–H and O–H groups in total. The number of carbonyl (C=O) groups is 1. The van der Waals surface area contributed by atoms with Crippen LogP contribution in [0.25, 0.3) is 10.2 Å². The van der Waals surface area contributed by atoms with Crippen LogP contribution in [-0.4, -0.2) is 50.0 Å². The van der Waals surface area contributed by atoms with Gasteiger partial charge in [0.15, 0.2) is 4.80 Å². The summed E-state index contributed by atoms with van der Waals surface area (Å²) in [5.74, 6) is -0.417. The number of ether oxygens (including phenoxy) is 1. The summed E-state index contributed by atoms with van der Waals surface area (Å²) >= 11 is 1.43. The van der Waals surface area contributed by atoms with Gasteiger partial charge in [0.25, 0.3) is 5.91 Å². The predicted octanol–water partition coefficient (Wildman–Crippen LogP) is 3.12. The molecular weight excluding hydrogens is 422 g/mol. The predicted molar refractivity (Wildman–Crippen MR) is 118 cm³/mol. The highest BCUT2D eigenvalue weighted by Gasteiger charge is 2.21. The highest BCUT2D eigenvalue weighted by molar-refractivity contribution is 7.89. The van der Waals surface area contributed by atoms with E-state index in [9.17, 15) is 13.2 Å². The molecule has 0 saturated carbocycles. The van der Waals surface area contributed by atoms with Gasteiger partial charge in [-0.25, -0.2) is 8.42 Å². The Bertz CT molecular complexity index is 1190. The first kappa shape index (κ1) is 22.4. The molecule has 1 amide bonds. The number of thiazole rings is 1. The van der Waals surface area contributed by atoms with Gasteiger partial charge in [-0.2, -0.15) is 9.30 Å². The Morgan fingerprint density at radius 3 is 2.40 bits per heavy atom. The smallest absolute Gasteiger partial charge is 0.279 e. The number of methoxy groups -OCH3 is 1. The topological polar surface area (TPSA) is 81.0 Å². The second kappa shape index (κ2) is 9.65. The van der Waals surface area contributed by atoms with Crippen molar-refractivity contribution >= 4 is 37.5 Å². The van der Waals surface area contributed by atoms with Crippen LogP contribution in [0.15, 0.2) is 58.4 Å². The lowest BCUT2D eigenvalue weighted by molar-refractivity contribution is 0.0997. The zero-order valence-electron chi connectivity index (χ0n) is 17.2. The molecular formula is C21H25N3O4S2. The third kappa shape index (κ3) is 4.54. The lowest BCUT2D eigenvalue weighted by Gasteiger charge is -2.18. The molecule has 0 spiro atoms. The number of hydrogen-bond donors (Lipinski definition) is 0. The molecule has 9 heteroatoms. The van der Waals surface area contributed by atoms with Gasteiger partial charge in [0.1, 0.15) is 0 Å². The number of hydrogen-bond acceptors (Lipinski definition) is 5. The number of fused-ring (bicyclic) bond motifs is 1. The van der Waals surface area contributed by atoms with Crippen molar-refractivity contribution in [2.45, 2.75) is 25.3 Å². The largest absolute Gasteiger partial charge is 0.383 e. The molecule has 1 aromatic heterocycles. The quantitative estimate of drug-likeness (QED) is 0.531. The van der Waals surface area contributed by atoms with Gasteiger partial charge in [-0.15, -0.1) is 0 Å². The standard InChI is InChI=1S/C21H25N3O4S2/c1-4-23(5-2)30(26,27)17-12-10-16(11-13-17)20(25)22-21-24(14-15-28-3)18-8-6-7-9-19(18)29-21/h6-13H,4-5,14-15H2,1-3H3. The molecule has 160 valence electrons. The van der Waals surface area contributed by atoms with Crippen LogP contribution in [0.2, 0.25) is 0 Å². The van der Waals surface area contributed by atoms with E-state index in [1.807, 2.05) is 28.8 Å². The van der Waals surface area contributed by atoms with Crippen LogP contribution in [0.1, 0.15) is 24.2 Å². The zero-order chi connectivity index (χ0) is 21.7. The third-order valence-corrected chi connectivity index (χ3v) is 7.87. The molecule has 0 aliphatic rings. The summed E-state index contributed by atoms with van der Waals surface area (Å²) in [4.78, 5) is 17.8. The average molecular weight is 448 g/mol. The summed E-state index contributed by atoms with van der Waals surface area (Å²) in [7, 11) is -1.93. The fourth-order valence-electron chi connectivity index (χ4n) is 3.14. The maximum atomic E-state index is 12.8. The second-order valence-electron chi connectivity index (χ2n) is 6.53. The fourth-order valence-corrected chi connectivity index (χ4v) is 5.65. The molecule has 7 nitrogen and oxygen atoms in total. The Kier molecular flexibility index (Phi) is 7.19. The molecule has 3 aromatic rings. The minimum absolute atomic E-state index is 0.166. The van der Waals surface area contributed by atoms with Gasteiger partial charge in [0, 0.05) is 32.3 Å². The van der Waals surface area contributed by atoms with Crippen LogP contribution >= 0.6 is 11.3 Å². The molecule has 0 radical (unpaired) electrons. The maximum absolute atomic E-state index is 12.8. The van der Waals surface area contributed by atoms with Gasteiger partial charge in [-0.05, 0) is 36.4 Å². The molecule has 0 aliphatic carbocycles. The number of sulfonamides is 1. The van der Waals surface area contributed by atoms with Gasteiger partial charge in [-0.1, -0.05) is 37.3 Å². The summed E-state index contributed by atoms with van der Waals surface area (Å²) < 4.78 is 34.8. The van der Waals surface area contributed by atoms with Gasteiger partial charge in [-0.3, -0.25) is 4.79 Å². The Balaban J connectivity index is 1.95. The normalized spacial score (nSPS) is 12.7. The van der Waals surface area contributed by atoms with E-state index in [1.165, 1.54) is 39.9 Å². The van der Waals surface area contributed by atoms with E-state index in [0.29, 0.717) is 36.6 Å². The monoisotopic (exact) mass is 447 g/mol. The number of aromatic nitrogens is 1. The first-order chi connectivity index (χ1) is 14.4. The van der Waals surface area contributed by atoms with Crippen molar-refractivity contribution in [3.05, 3.63) is 58.9 Å². The molecule has 0 atom stereocenters. The summed E-state index contributed by atoms with van der Waals surface area (Å²) in [6.45, 7) is 5.45. The van der Waals surface area contributed by atoms with E-state index in [2.05, 4.69) is 4.99 Å². The minimum atomic E-state index is -3.56. The van der Waals surface area contributed by atoms with Crippen molar-refractivity contribution < 1.29 is 17.9 Å². The van der Waals surface area contributed by atoms with Crippen LogP contribution in [0, 0.1) is 0 Å². The molecule has 0 fully saturated rings. The molecule has 0 bridgehead atoms. The Hall–Kier alpha value is -2.33. The first-order valence-corrected chi connectivity index (χ1v) is 11.9. The molecule has 1 heterocycles.